The van der Waals surface area contributed by atoms with Gasteiger partial charge in [-0.05, 0) is 43.7 Å². The lowest BCUT2D eigenvalue weighted by Gasteiger charge is -2.27. The molecule has 4 aromatic rings. The summed E-state index contributed by atoms with van der Waals surface area (Å²) in [4.78, 5) is 34.3. The molecular formula is C27H27N5O2S. The quantitative estimate of drug-likeness (QED) is 0.459. The van der Waals surface area contributed by atoms with Gasteiger partial charge in [0.05, 0.1) is 21.4 Å². The smallest absolute Gasteiger partial charge is 0.274 e. The molecule has 6 rings (SSSR count). The second kappa shape index (κ2) is 8.30. The number of rotatable bonds is 5. The highest BCUT2D eigenvalue weighted by Crippen LogP contribution is 2.50. The number of carbonyl (C=O) groups excluding carboxylic acids is 2. The first-order chi connectivity index (χ1) is 16.9. The minimum absolute atomic E-state index is 0.0289. The van der Waals surface area contributed by atoms with Crippen LogP contribution in [0, 0.1) is 25.7 Å². The van der Waals surface area contributed by atoms with E-state index in [1.807, 2.05) is 55.3 Å². The van der Waals surface area contributed by atoms with Crippen molar-refractivity contribution in [2.45, 2.75) is 26.3 Å². The lowest BCUT2D eigenvalue weighted by atomic mass is 10.1. The number of piperidine rings is 1. The van der Waals surface area contributed by atoms with Crippen molar-refractivity contribution >= 4 is 34.1 Å². The molecular weight excluding hydrogens is 458 g/mol. The highest BCUT2D eigenvalue weighted by atomic mass is 32.1. The van der Waals surface area contributed by atoms with E-state index in [0.717, 1.165) is 44.9 Å². The topological polar surface area (TPSA) is 80.1 Å². The summed E-state index contributed by atoms with van der Waals surface area (Å²) in [7, 11) is 1.84. The number of hydrogen-bond acceptors (Lipinski definition) is 5. The van der Waals surface area contributed by atoms with E-state index in [0.29, 0.717) is 29.8 Å². The standard InChI is InChI=1S/C27H27N5O2S/c1-15-7-6-8-17(11-15)25-24(29-16(2)35-25)27(34)32-14-18-12-20(18)22(32)13-28-26(33)23-19-9-4-5-10-21(19)31(3)30-23/h4-11,18,20,22H,12-14H2,1-3H3,(H,28,33)/t18-,20-,22+/m0/s1. The summed E-state index contributed by atoms with van der Waals surface area (Å²) in [5.74, 6) is 0.699. The van der Waals surface area contributed by atoms with Gasteiger partial charge in [0.15, 0.2) is 5.69 Å². The van der Waals surface area contributed by atoms with Crippen LogP contribution in [0.5, 0.6) is 0 Å². The Morgan fingerprint density at radius 2 is 1.94 bits per heavy atom. The molecule has 1 aliphatic carbocycles. The van der Waals surface area contributed by atoms with Crippen LogP contribution in [0.15, 0.2) is 48.5 Å². The Labute approximate surface area is 207 Å². The average molecular weight is 486 g/mol. The Kier molecular flexibility index (Phi) is 5.21. The van der Waals surface area contributed by atoms with Crippen LogP contribution in [0.25, 0.3) is 21.3 Å². The maximum atomic E-state index is 13.8. The van der Waals surface area contributed by atoms with Crippen molar-refractivity contribution in [3.05, 3.63) is 70.5 Å². The van der Waals surface area contributed by atoms with Crippen molar-refractivity contribution in [1.82, 2.24) is 25.0 Å². The van der Waals surface area contributed by atoms with Gasteiger partial charge < -0.3 is 10.2 Å². The van der Waals surface area contributed by atoms with Gasteiger partial charge in [0.25, 0.3) is 11.8 Å². The van der Waals surface area contributed by atoms with Crippen LogP contribution in [0.4, 0.5) is 0 Å². The van der Waals surface area contributed by atoms with Crippen molar-refractivity contribution in [1.29, 1.82) is 0 Å². The molecule has 0 radical (unpaired) electrons. The van der Waals surface area contributed by atoms with Gasteiger partial charge in [0.1, 0.15) is 5.69 Å². The molecule has 8 heteroatoms. The molecule has 2 aromatic heterocycles. The molecule has 3 heterocycles. The number of thiazole rings is 1. The fraction of sp³-hybridized carbons (Fsp3) is 0.333. The number of amides is 2. The van der Waals surface area contributed by atoms with E-state index in [1.165, 1.54) is 0 Å². The third-order valence-corrected chi connectivity index (χ3v) is 8.25. The Morgan fingerprint density at radius 1 is 1.11 bits per heavy atom. The molecule has 178 valence electrons. The van der Waals surface area contributed by atoms with Gasteiger partial charge in [-0.25, -0.2) is 4.98 Å². The number of aromatic nitrogens is 3. The fourth-order valence-corrected chi connectivity index (χ4v) is 6.33. The molecule has 2 amide bonds. The highest BCUT2D eigenvalue weighted by molar-refractivity contribution is 7.15. The zero-order valence-electron chi connectivity index (χ0n) is 20.0. The minimum atomic E-state index is -0.205. The molecule has 0 unspecified atom stereocenters. The lowest BCUT2D eigenvalue weighted by molar-refractivity contribution is 0.0690. The largest absolute Gasteiger partial charge is 0.349 e. The van der Waals surface area contributed by atoms with Crippen molar-refractivity contribution in [3.8, 4) is 10.4 Å². The summed E-state index contributed by atoms with van der Waals surface area (Å²) in [6, 6.07) is 15.9. The van der Waals surface area contributed by atoms with E-state index >= 15 is 0 Å². The fourth-order valence-electron chi connectivity index (χ4n) is 5.42. The number of para-hydroxylation sites is 1. The first-order valence-corrected chi connectivity index (χ1v) is 12.8. The molecule has 2 aliphatic rings. The van der Waals surface area contributed by atoms with Crippen molar-refractivity contribution in [2.75, 3.05) is 13.1 Å². The number of fused-ring (bicyclic) bond motifs is 2. The molecule has 2 fully saturated rings. The van der Waals surface area contributed by atoms with E-state index in [9.17, 15) is 9.59 Å². The van der Waals surface area contributed by atoms with Crippen molar-refractivity contribution < 1.29 is 9.59 Å². The molecule has 1 saturated carbocycles. The second-order valence-corrected chi connectivity index (χ2v) is 10.9. The summed E-state index contributed by atoms with van der Waals surface area (Å²) in [5.41, 5.74) is 4.03. The number of hydrogen-bond donors (Lipinski definition) is 1. The van der Waals surface area contributed by atoms with E-state index in [1.54, 1.807) is 16.0 Å². The van der Waals surface area contributed by atoms with Crippen LogP contribution >= 0.6 is 11.3 Å². The van der Waals surface area contributed by atoms with E-state index < -0.39 is 0 Å². The van der Waals surface area contributed by atoms with Gasteiger partial charge in [0, 0.05) is 25.5 Å². The number of likely N-dealkylation sites (tertiary alicyclic amines) is 1. The molecule has 7 nitrogen and oxygen atoms in total. The Hall–Kier alpha value is -3.52. The predicted molar refractivity (Wildman–Crippen MR) is 136 cm³/mol. The number of aryl methyl sites for hydroxylation is 3. The minimum Gasteiger partial charge on any atom is -0.349 e. The SMILES string of the molecule is Cc1cccc(-c2sc(C)nc2C(=O)N2C[C@@H]3C[C@@H]3[C@H]2CNC(=O)c2nn(C)c3ccccc23)c1. The van der Waals surface area contributed by atoms with E-state index in [2.05, 4.69) is 34.5 Å². The zero-order chi connectivity index (χ0) is 24.3. The second-order valence-electron chi connectivity index (χ2n) is 9.66. The van der Waals surface area contributed by atoms with Gasteiger partial charge >= 0.3 is 0 Å². The maximum absolute atomic E-state index is 13.8. The molecule has 1 N–H and O–H groups in total. The van der Waals surface area contributed by atoms with E-state index in [4.69, 9.17) is 0 Å². The molecule has 35 heavy (non-hydrogen) atoms. The Bertz CT molecular complexity index is 1470. The monoisotopic (exact) mass is 485 g/mol. The first kappa shape index (κ1) is 22.0. The van der Waals surface area contributed by atoms with Crippen LogP contribution in [0.1, 0.15) is 38.0 Å². The molecule has 3 atom stereocenters. The Morgan fingerprint density at radius 3 is 2.77 bits per heavy atom. The summed E-state index contributed by atoms with van der Waals surface area (Å²) in [6.45, 7) is 5.13. The van der Waals surface area contributed by atoms with Crippen molar-refractivity contribution in [2.24, 2.45) is 18.9 Å². The lowest BCUT2D eigenvalue weighted by Crippen LogP contribution is -2.45. The van der Waals surface area contributed by atoms with Crippen LogP contribution in [-0.2, 0) is 7.05 Å². The van der Waals surface area contributed by atoms with Gasteiger partial charge in [-0.15, -0.1) is 11.3 Å². The first-order valence-electron chi connectivity index (χ1n) is 12.0. The normalized spacial score (nSPS) is 20.8. The average Bonchev–Trinajstić information content (AvgIpc) is 3.18. The van der Waals surface area contributed by atoms with Crippen LogP contribution in [-0.4, -0.2) is 50.6 Å². The third kappa shape index (κ3) is 3.82. The summed E-state index contributed by atoms with van der Waals surface area (Å²) < 4.78 is 1.73. The number of carbonyl (C=O) groups is 2. The van der Waals surface area contributed by atoms with Gasteiger partial charge in [-0.1, -0.05) is 48.0 Å². The number of benzene rings is 2. The number of nitrogens with one attached hydrogen (secondary N) is 1. The maximum Gasteiger partial charge on any atom is 0.274 e. The van der Waals surface area contributed by atoms with E-state index in [-0.39, 0.29) is 17.9 Å². The van der Waals surface area contributed by atoms with Gasteiger partial charge in [-0.2, -0.15) is 5.10 Å². The van der Waals surface area contributed by atoms with Crippen molar-refractivity contribution in [3.63, 3.8) is 0 Å². The molecule has 2 aromatic carbocycles. The summed E-state index contributed by atoms with van der Waals surface area (Å²) in [6.07, 6.45) is 1.11. The van der Waals surface area contributed by atoms with Crippen LogP contribution in [0.3, 0.4) is 0 Å². The summed E-state index contributed by atoms with van der Waals surface area (Å²) in [5, 5.41) is 9.22. The van der Waals surface area contributed by atoms with Gasteiger partial charge in [0.2, 0.25) is 0 Å². The molecule has 1 saturated heterocycles. The predicted octanol–water partition coefficient (Wildman–Crippen LogP) is 4.20. The summed E-state index contributed by atoms with van der Waals surface area (Å²) >= 11 is 1.56. The van der Waals surface area contributed by atoms with Crippen LogP contribution in [0.2, 0.25) is 0 Å². The van der Waals surface area contributed by atoms with Gasteiger partial charge in [-0.3, -0.25) is 14.3 Å². The Balaban J connectivity index is 1.23. The third-order valence-electron chi connectivity index (χ3n) is 7.23. The van der Waals surface area contributed by atoms with Crippen LogP contribution < -0.4 is 5.32 Å². The number of nitrogens with zero attached hydrogens (tertiary/aromatic N) is 4. The molecule has 0 spiro atoms. The zero-order valence-corrected chi connectivity index (χ0v) is 20.8. The molecule has 0 bridgehead atoms. The highest BCUT2D eigenvalue weighted by Gasteiger charge is 2.54. The molecule has 1 aliphatic heterocycles.